The van der Waals surface area contributed by atoms with Crippen LogP contribution in [0.15, 0.2) is 0 Å². The highest BCUT2D eigenvalue weighted by Crippen LogP contribution is 2.01. The minimum Gasteiger partial charge on any atom is -0.330 e. The quantitative estimate of drug-likeness (QED) is 0.545. The van der Waals surface area contributed by atoms with Gasteiger partial charge in [0.2, 0.25) is 0 Å². The van der Waals surface area contributed by atoms with E-state index in [0.29, 0.717) is 0 Å². The summed E-state index contributed by atoms with van der Waals surface area (Å²) in [5, 5.41) is 0. The Hall–Kier alpha value is -0.0400. The molecule has 0 amide bonds. The van der Waals surface area contributed by atoms with Crippen molar-refractivity contribution in [1.82, 2.24) is 0 Å². The predicted octanol–water partition coefficient (Wildman–Crippen LogP) is 2.12. The summed E-state index contributed by atoms with van der Waals surface area (Å²) in [6.45, 7) is 3.05. The molecule has 0 spiro atoms. The van der Waals surface area contributed by atoms with E-state index in [9.17, 15) is 0 Å². The maximum Gasteiger partial charge on any atom is -0.00773 e. The Bertz CT molecular complexity index is 37.8. The second-order valence-electron chi connectivity index (χ2n) is 2.36. The SMILES string of the molecule is CCC[CH]CCCCN. The Morgan fingerprint density at radius 3 is 2.56 bits per heavy atom. The van der Waals surface area contributed by atoms with Crippen molar-refractivity contribution in [3.8, 4) is 0 Å². The maximum absolute atomic E-state index is 5.33. The van der Waals surface area contributed by atoms with Gasteiger partial charge in [0.05, 0.1) is 0 Å². The molecule has 0 saturated carbocycles. The average Bonchev–Trinajstić information content (AvgIpc) is 1.89. The molecule has 0 aliphatic rings. The molecule has 0 atom stereocenters. The van der Waals surface area contributed by atoms with Crippen molar-refractivity contribution in [2.45, 2.75) is 39.0 Å². The van der Waals surface area contributed by atoms with E-state index in [0.717, 1.165) is 6.54 Å². The highest BCUT2D eigenvalue weighted by Gasteiger charge is 1.86. The number of hydrogen-bond acceptors (Lipinski definition) is 1. The van der Waals surface area contributed by atoms with E-state index in [1.54, 1.807) is 0 Å². The third kappa shape index (κ3) is 7.96. The van der Waals surface area contributed by atoms with E-state index in [-0.39, 0.29) is 0 Å². The molecule has 0 aromatic carbocycles. The first-order valence-corrected chi connectivity index (χ1v) is 3.93. The van der Waals surface area contributed by atoms with E-state index < -0.39 is 0 Å². The van der Waals surface area contributed by atoms with Crippen LogP contribution >= 0.6 is 0 Å². The van der Waals surface area contributed by atoms with Gasteiger partial charge in [-0.05, 0) is 19.4 Å². The number of rotatable bonds is 6. The van der Waals surface area contributed by atoms with Crippen molar-refractivity contribution in [2.24, 2.45) is 5.73 Å². The normalized spacial score (nSPS) is 10.0. The molecule has 1 heteroatoms. The van der Waals surface area contributed by atoms with E-state index in [4.69, 9.17) is 5.73 Å². The summed E-state index contributed by atoms with van der Waals surface area (Å²) in [6.07, 6.45) is 8.62. The Balaban J connectivity index is 2.60. The highest BCUT2D eigenvalue weighted by atomic mass is 14.5. The Labute approximate surface area is 58.6 Å². The number of unbranched alkanes of at least 4 members (excludes halogenated alkanes) is 5. The maximum atomic E-state index is 5.33. The largest absolute Gasteiger partial charge is 0.330 e. The van der Waals surface area contributed by atoms with Crippen molar-refractivity contribution in [1.29, 1.82) is 0 Å². The second kappa shape index (κ2) is 7.96. The fourth-order valence-corrected chi connectivity index (χ4v) is 0.781. The number of nitrogens with two attached hydrogens (primary N) is 1. The smallest absolute Gasteiger partial charge is 0.00773 e. The molecule has 9 heavy (non-hydrogen) atoms. The number of hydrogen-bond donors (Lipinski definition) is 1. The van der Waals surface area contributed by atoms with Crippen molar-refractivity contribution in [3.63, 3.8) is 0 Å². The topological polar surface area (TPSA) is 26.0 Å². The molecule has 2 N–H and O–H groups in total. The lowest BCUT2D eigenvalue weighted by Crippen LogP contribution is -1.97. The van der Waals surface area contributed by atoms with Gasteiger partial charge in [-0.3, -0.25) is 0 Å². The van der Waals surface area contributed by atoms with Gasteiger partial charge in [0, 0.05) is 0 Å². The fraction of sp³-hybridized carbons (Fsp3) is 0.875. The van der Waals surface area contributed by atoms with Gasteiger partial charge in [-0.1, -0.05) is 32.6 Å². The third-order valence-corrected chi connectivity index (χ3v) is 1.36. The summed E-state index contributed by atoms with van der Waals surface area (Å²) in [5.74, 6) is 0. The van der Waals surface area contributed by atoms with E-state index in [1.807, 2.05) is 0 Å². The van der Waals surface area contributed by atoms with Crippen molar-refractivity contribution in [3.05, 3.63) is 6.42 Å². The second-order valence-corrected chi connectivity index (χ2v) is 2.36. The molecular weight excluding hydrogens is 110 g/mol. The van der Waals surface area contributed by atoms with Gasteiger partial charge < -0.3 is 5.73 Å². The molecule has 0 aromatic rings. The molecule has 0 heterocycles. The van der Waals surface area contributed by atoms with Crippen molar-refractivity contribution in [2.75, 3.05) is 6.54 Å². The lowest BCUT2D eigenvalue weighted by molar-refractivity contribution is 0.707. The Kier molecular flexibility index (Phi) is 7.92. The first kappa shape index (κ1) is 8.96. The van der Waals surface area contributed by atoms with E-state index >= 15 is 0 Å². The van der Waals surface area contributed by atoms with Gasteiger partial charge in [-0.25, -0.2) is 0 Å². The lowest BCUT2D eigenvalue weighted by atomic mass is 10.1. The fourth-order valence-electron chi connectivity index (χ4n) is 0.781. The highest BCUT2D eigenvalue weighted by molar-refractivity contribution is 4.62. The zero-order valence-corrected chi connectivity index (χ0v) is 6.40. The van der Waals surface area contributed by atoms with E-state index in [2.05, 4.69) is 13.3 Å². The first-order valence-electron chi connectivity index (χ1n) is 3.93. The van der Waals surface area contributed by atoms with E-state index in [1.165, 1.54) is 32.1 Å². The molecule has 0 aliphatic carbocycles. The summed E-state index contributed by atoms with van der Waals surface area (Å²) >= 11 is 0. The van der Waals surface area contributed by atoms with Crippen LogP contribution < -0.4 is 5.73 Å². The summed E-state index contributed by atoms with van der Waals surface area (Å²) < 4.78 is 0. The Morgan fingerprint density at radius 2 is 2.00 bits per heavy atom. The molecule has 1 nitrogen and oxygen atoms in total. The minimum atomic E-state index is 0.847. The van der Waals surface area contributed by atoms with Crippen LogP contribution in [0.4, 0.5) is 0 Å². The summed E-state index contributed by atoms with van der Waals surface area (Å²) in [7, 11) is 0. The van der Waals surface area contributed by atoms with Crippen LogP contribution in [0.25, 0.3) is 0 Å². The van der Waals surface area contributed by atoms with Crippen LogP contribution in [0.1, 0.15) is 39.0 Å². The van der Waals surface area contributed by atoms with Crippen LogP contribution in [-0.4, -0.2) is 6.54 Å². The molecule has 0 aliphatic heterocycles. The molecule has 0 saturated heterocycles. The third-order valence-electron chi connectivity index (χ3n) is 1.36. The van der Waals surface area contributed by atoms with Crippen LogP contribution in [0.5, 0.6) is 0 Å². The zero-order valence-electron chi connectivity index (χ0n) is 6.40. The van der Waals surface area contributed by atoms with Gasteiger partial charge in [-0.15, -0.1) is 0 Å². The predicted molar refractivity (Wildman–Crippen MR) is 42.1 cm³/mol. The molecule has 0 rings (SSSR count). The molecule has 0 aromatic heterocycles. The standard InChI is InChI=1S/C8H18N/c1-2-3-4-5-6-7-8-9/h4H,2-3,5-9H2,1H3. The van der Waals surface area contributed by atoms with Crippen LogP contribution in [0.2, 0.25) is 0 Å². The van der Waals surface area contributed by atoms with Crippen LogP contribution in [-0.2, 0) is 0 Å². The average molecular weight is 128 g/mol. The molecule has 0 bridgehead atoms. The van der Waals surface area contributed by atoms with Gasteiger partial charge in [0.25, 0.3) is 0 Å². The monoisotopic (exact) mass is 128 g/mol. The van der Waals surface area contributed by atoms with Gasteiger partial charge in [-0.2, -0.15) is 0 Å². The van der Waals surface area contributed by atoms with Crippen LogP contribution in [0.3, 0.4) is 0 Å². The van der Waals surface area contributed by atoms with Crippen LogP contribution in [0, 0.1) is 6.42 Å². The molecule has 0 fully saturated rings. The minimum absolute atomic E-state index is 0.847. The van der Waals surface area contributed by atoms with Gasteiger partial charge in [0.15, 0.2) is 0 Å². The summed E-state index contributed by atoms with van der Waals surface area (Å²) in [6, 6.07) is 0. The lowest BCUT2D eigenvalue weighted by Gasteiger charge is -1.95. The van der Waals surface area contributed by atoms with Crippen molar-refractivity contribution >= 4 is 0 Å². The summed E-state index contributed by atoms with van der Waals surface area (Å²) in [5.41, 5.74) is 5.33. The molecule has 1 radical (unpaired) electrons. The summed E-state index contributed by atoms with van der Waals surface area (Å²) in [4.78, 5) is 0. The van der Waals surface area contributed by atoms with Gasteiger partial charge >= 0.3 is 0 Å². The first-order chi connectivity index (χ1) is 4.41. The molecular formula is C8H18N. The zero-order chi connectivity index (χ0) is 6.95. The van der Waals surface area contributed by atoms with Gasteiger partial charge in [0.1, 0.15) is 0 Å². The van der Waals surface area contributed by atoms with Crippen molar-refractivity contribution < 1.29 is 0 Å². The molecule has 55 valence electrons. The molecule has 0 unspecified atom stereocenters. The Morgan fingerprint density at radius 1 is 1.22 bits per heavy atom.